The number of rotatable bonds is 12. The lowest BCUT2D eigenvalue weighted by Gasteiger charge is -2.44. The second-order valence-electron chi connectivity index (χ2n) is 10.0. The van der Waals surface area contributed by atoms with E-state index < -0.39 is 6.23 Å². The van der Waals surface area contributed by atoms with Crippen molar-refractivity contribution < 1.29 is 24.1 Å². The number of anilines is 2. The number of aliphatic hydroxyl groups is 1. The van der Waals surface area contributed by atoms with Crippen LogP contribution in [0.5, 0.6) is 11.5 Å². The normalized spacial score (nSPS) is 17.5. The Labute approximate surface area is 250 Å². The van der Waals surface area contributed by atoms with Gasteiger partial charge in [0.2, 0.25) is 11.9 Å². The van der Waals surface area contributed by atoms with Gasteiger partial charge >= 0.3 is 0 Å². The molecule has 2 N–H and O–H groups in total. The Morgan fingerprint density at radius 1 is 1.27 bits per heavy atom. The van der Waals surface area contributed by atoms with E-state index in [4.69, 9.17) is 42.4 Å². The van der Waals surface area contributed by atoms with Crippen LogP contribution in [0.3, 0.4) is 0 Å². The lowest BCUT2D eigenvalue weighted by molar-refractivity contribution is -0.132. The fourth-order valence-electron chi connectivity index (χ4n) is 4.88. The van der Waals surface area contributed by atoms with E-state index in [1.54, 1.807) is 35.2 Å². The lowest BCUT2D eigenvalue weighted by Crippen LogP contribution is -2.60. The maximum atomic E-state index is 11.9. The van der Waals surface area contributed by atoms with Crippen molar-refractivity contribution in [1.29, 1.82) is 0 Å². The summed E-state index contributed by atoms with van der Waals surface area (Å²) in [6, 6.07) is 1.77. The van der Waals surface area contributed by atoms with E-state index in [1.807, 2.05) is 14.0 Å². The maximum Gasteiger partial charge on any atom is 0.246 e. The van der Waals surface area contributed by atoms with Crippen molar-refractivity contribution in [2.45, 2.75) is 25.2 Å². The monoisotopic (exact) mass is 606 g/mol. The largest absolute Gasteiger partial charge is 0.495 e. The molecule has 1 saturated heterocycles. The molecule has 2 aliphatic heterocycles. The molecule has 0 bridgehead atoms. The molecule has 41 heavy (non-hydrogen) atoms. The fourth-order valence-corrected chi connectivity index (χ4v) is 5.60. The number of aliphatic hydroxyl groups excluding tert-OH is 1. The minimum absolute atomic E-state index is 0.0287. The second-order valence-corrected chi connectivity index (χ2v) is 10.8. The molecule has 2 aromatic rings. The van der Waals surface area contributed by atoms with E-state index in [2.05, 4.69) is 21.8 Å². The zero-order valence-corrected chi connectivity index (χ0v) is 25.4. The quantitative estimate of drug-likeness (QED) is 0.349. The van der Waals surface area contributed by atoms with Crippen molar-refractivity contribution in [3.05, 3.63) is 46.1 Å². The number of ether oxygens (including phenoxy) is 3. The van der Waals surface area contributed by atoms with E-state index in [0.717, 1.165) is 0 Å². The van der Waals surface area contributed by atoms with Gasteiger partial charge in [-0.25, -0.2) is 4.98 Å². The van der Waals surface area contributed by atoms with E-state index >= 15 is 0 Å². The molecule has 222 valence electrons. The number of aromatic nitrogens is 2. The van der Waals surface area contributed by atoms with E-state index in [0.29, 0.717) is 72.8 Å². The van der Waals surface area contributed by atoms with Crippen LogP contribution in [0.4, 0.5) is 11.8 Å². The van der Waals surface area contributed by atoms with E-state index in [1.165, 1.54) is 20.3 Å². The molecular formula is C28H36Cl2N6O5. The predicted octanol–water partition coefficient (Wildman–Crippen LogP) is 3.26. The molecule has 1 unspecified atom stereocenters. The molecule has 3 heterocycles. The number of methoxy groups -OCH3 is 3. The molecule has 2 aliphatic rings. The number of fused-ring (bicyclic) bond motifs is 1. The van der Waals surface area contributed by atoms with Crippen molar-refractivity contribution in [1.82, 2.24) is 19.8 Å². The van der Waals surface area contributed by atoms with Gasteiger partial charge in [-0.3, -0.25) is 9.69 Å². The van der Waals surface area contributed by atoms with Crippen LogP contribution >= 0.6 is 23.2 Å². The molecule has 1 fully saturated rings. The molecule has 0 radical (unpaired) electrons. The summed E-state index contributed by atoms with van der Waals surface area (Å²) in [7, 11) is 6.62. The summed E-state index contributed by atoms with van der Waals surface area (Å²) in [5, 5.41) is 15.5. The average Bonchev–Trinajstić information content (AvgIpc) is 2.92. The summed E-state index contributed by atoms with van der Waals surface area (Å²) < 4.78 is 16.1. The number of hydrogen-bond donors (Lipinski definition) is 2. The first kappa shape index (κ1) is 30.9. The lowest BCUT2D eigenvalue weighted by atomic mass is 9.96. The highest BCUT2D eigenvalue weighted by atomic mass is 35.5. The smallest absolute Gasteiger partial charge is 0.246 e. The number of carbonyl (C=O) groups is 1. The van der Waals surface area contributed by atoms with Crippen molar-refractivity contribution in [3.63, 3.8) is 0 Å². The molecule has 2 atom stereocenters. The maximum absolute atomic E-state index is 11.9. The third kappa shape index (κ3) is 6.39. The first-order valence-corrected chi connectivity index (χ1v) is 13.9. The zero-order chi connectivity index (χ0) is 29.8. The molecule has 1 aromatic heterocycles. The van der Waals surface area contributed by atoms with Gasteiger partial charge in [0.05, 0.1) is 30.9 Å². The fraction of sp³-hybridized carbons (Fsp3) is 0.464. The highest BCUT2D eigenvalue weighted by Gasteiger charge is 2.36. The summed E-state index contributed by atoms with van der Waals surface area (Å²) in [5.74, 6) is 1.61. The predicted molar refractivity (Wildman–Crippen MR) is 161 cm³/mol. The van der Waals surface area contributed by atoms with Gasteiger partial charge in [-0.2, -0.15) is 4.98 Å². The zero-order valence-electron chi connectivity index (χ0n) is 23.9. The number of hydrogen-bond acceptors (Lipinski definition) is 10. The Hall–Kier alpha value is -3.09. The number of likely N-dealkylation sites (N-methyl/N-ethyl adjacent to an activating group) is 1. The standard InChI is InChI=1S/C28H36Cl2N6O5/c1-7-22(37)35-13-18(14-35)34(3)8-9-36-26-17(12-31-28(33-26)32-16(2)15-39-4)10-19(27(36)38)23-24(29)20(40-5)11-21(41-6)25(23)30/h7,10-12,16,18,27,38H,1,8-9,13-15H2,2-6H3,(H,31,32,33)/t16-,27?/m0/s1. The Bertz CT molecular complexity index is 1290. The molecular weight excluding hydrogens is 571 g/mol. The van der Waals surface area contributed by atoms with Gasteiger partial charge in [-0.15, -0.1) is 0 Å². The van der Waals surface area contributed by atoms with Crippen LogP contribution in [0.2, 0.25) is 10.0 Å². The number of nitrogens with zero attached hydrogens (tertiary/aromatic N) is 5. The van der Waals surface area contributed by atoms with Crippen LogP contribution in [0.25, 0.3) is 11.6 Å². The molecule has 4 rings (SSSR count). The van der Waals surface area contributed by atoms with Crippen molar-refractivity contribution in [2.24, 2.45) is 0 Å². The number of benzene rings is 1. The molecule has 11 nitrogen and oxygen atoms in total. The van der Waals surface area contributed by atoms with Crippen molar-refractivity contribution >= 4 is 52.5 Å². The number of amides is 1. The van der Waals surface area contributed by atoms with E-state index in [-0.39, 0.29) is 28.0 Å². The van der Waals surface area contributed by atoms with Crippen molar-refractivity contribution in [3.8, 4) is 11.5 Å². The van der Waals surface area contributed by atoms with Gasteiger partial charge in [0.1, 0.15) is 17.3 Å². The molecule has 0 saturated carbocycles. The molecule has 1 amide bonds. The van der Waals surface area contributed by atoms with Crippen molar-refractivity contribution in [2.75, 3.05) is 71.4 Å². The van der Waals surface area contributed by atoms with Crippen LogP contribution in [0.15, 0.2) is 24.9 Å². The summed E-state index contributed by atoms with van der Waals surface area (Å²) in [6.07, 6.45) is 3.64. The van der Waals surface area contributed by atoms with Gasteiger partial charge < -0.3 is 34.4 Å². The van der Waals surface area contributed by atoms with Gasteiger partial charge in [0.25, 0.3) is 0 Å². The number of nitrogens with one attached hydrogen (secondary N) is 1. The minimum atomic E-state index is -1.15. The SMILES string of the molecule is C=CC(=O)N1CC(N(C)CCN2c3nc(N[C@@H](C)COC)ncc3C=C(c3c(Cl)c(OC)cc(OC)c3Cl)C2O)C1. The Morgan fingerprint density at radius 2 is 1.93 bits per heavy atom. The third-order valence-electron chi connectivity index (χ3n) is 7.27. The topological polar surface area (TPSA) is 113 Å². The summed E-state index contributed by atoms with van der Waals surface area (Å²) in [6.45, 7) is 8.23. The third-order valence-corrected chi connectivity index (χ3v) is 8.02. The highest BCUT2D eigenvalue weighted by Crippen LogP contribution is 2.47. The van der Waals surface area contributed by atoms with Gasteiger partial charge in [-0.05, 0) is 26.1 Å². The van der Waals surface area contributed by atoms with Gasteiger partial charge in [-0.1, -0.05) is 29.8 Å². The number of halogens is 2. The highest BCUT2D eigenvalue weighted by molar-refractivity contribution is 6.40. The first-order valence-electron chi connectivity index (χ1n) is 13.1. The first-order chi connectivity index (χ1) is 19.6. The van der Waals surface area contributed by atoms with Crippen LogP contribution in [-0.2, 0) is 9.53 Å². The summed E-state index contributed by atoms with van der Waals surface area (Å²) >= 11 is 13.5. The van der Waals surface area contributed by atoms with Crippen LogP contribution in [0.1, 0.15) is 18.1 Å². The number of carbonyl (C=O) groups excluding carboxylic acids is 1. The molecule has 1 aromatic carbocycles. The van der Waals surface area contributed by atoms with Crippen LogP contribution in [-0.4, -0.2) is 110 Å². The molecule has 0 aliphatic carbocycles. The van der Waals surface area contributed by atoms with Crippen LogP contribution < -0.4 is 19.7 Å². The second kappa shape index (κ2) is 13.3. The van der Waals surface area contributed by atoms with Gasteiger partial charge in [0.15, 0.2) is 6.23 Å². The molecule has 13 heteroatoms. The minimum Gasteiger partial charge on any atom is -0.495 e. The number of likely N-dealkylation sites (tertiary alicyclic amines) is 1. The summed E-state index contributed by atoms with van der Waals surface area (Å²) in [5.41, 5.74) is 1.53. The summed E-state index contributed by atoms with van der Waals surface area (Å²) in [4.78, 5) is 26.8. The Morgan fingerprint density at radius 3 is 2.51 bits per heavy atom. The van der Waals surface area contributed by atoms with E-state index in [9.17, 15) is 9.90 Å². The van der Waals surface area contributed by atoms with Gasteiger partial charge in [0, 0.05) is 74.3 Å². The van der Waals surface area contributed by atoms with Crippen LogP contribution in [0, 0.1) is 0 Å². The Balaban J connectivity index is 1.69. The Kier molecular flexibility index (Phi) is 9.98. The molecule has 0 spiro atoms. The average molecular weight is 608 g/mol.